The van der Waals surface area contributed by atoms with Crippen molar-refractivity contribution in [1.82, 2.24) is 30.2 Å². The van der Waals surface area contributed by atoms with Gasteiger partial charge in [0.15, 0.2) is 0 Å². The molecule has 7 rings (SSSR count). The monoisotopic (exact) mass is 860 g/mol. The summed E-state index contributed by atoms with van der Waals surface area (Å²) in [5.74, 6) is -4.32. The first-order valence-corrected chi connectivity index (χ1v) is 23.0. The third-order valence-electron chi connectivity index (χ3n) is 13.0. The minimum atomic E-state index is -4.15. The fourth-order valence-electron chi connectivity index (χ4n) is 9.30. The number of halogens is 2. The summed E-state index contributed by atoms with van der Waals surface area (Å²) in [6.07, 6.45) is 2.90. The molecule has 4 amide bonds. The number of aromatic nitrogens is 2. The van der Waals surface area contributed by atoms with Gasteiger partial charge in [-0.2, -0.15) is 0 Å². The second kappa shape index (κ2) is 17.2. The number of alkyl carbamates (subject to hydrolysis) is 1. The lowest BCUT2D eigenvalue weighted by Crippen LogP contribution is -2.61. The number of hydrogen-bond acceptors (Lipinski definition) is 11. The Bertz CT molecular complexity index is 2080. The summed E-state index contributed by atoms with van der Waals surface area (Å²) in [4.78, 5) is 68.2. The van der Waals surface area contributed by atoms with E-state index < -0.39 is 92.9 Å². The van der Waals surface area contributed by atoms with Crippen molar-refractivity contribution in [3.05, 3.63) is 23.9 Å². The predicted octanol–water partition coefficient (Wildman–Crippen LogP) is 5.19. The van der Waals surface area contributed by atoms with E-state index in [1.165, 1.54) is 4.90 Å². The number of fused-ring (bicyclic) bond motifs is 5. The van der Waals surface area contributed by atoms with Crippen molar-refractivity contribution in [1.29, 1.82) is 0 Å². The molecule has 1 saturated heterocycles. The maximum atomic E-state index is 15.0. The summed E-state index contributed by atoms with van der Waals surface area (Å²) in [6, 6.07) is 2.74. The Labute approximate surface area is 349 Å². The number of carbonyl (C=O) groups is 4. The number of methoxy groups -OCH3 is 1. The zero-order valence-corrected chi connectivity index (χ0v) is 35.8. The molecule has 2 aliphatic heterocycles. The van der Waals surface area contributed by atoms with Crippen molar-refractivity contribution in [3.8, 4) is 11.6 Å². The zero-order chi connectivity index (χ0) is 43.1. The van der Waals surface area contributed by atoms with Crippen LogP contribution in [-0.2, 0) is 35.6 Å². The number of ether oxygens (including phenoxy) is 3. The lowest BCUT2D eigenvalue weighted by Gasteiger charge is -2.37. The van der Waals surface area contributed by atoms with Crippen LogP contribution in [0.25, 0.3) is 11.0 Å². The van der Waals surface area contributed by atoms with Gasteiger partial charge in [0.1, 0.15) is 41.3 Å². The predicted molar refractivity (Wildman–Crippen MR) is 216 cm³/mol. The summed E-state index contributed by atoms with van der Waals surface area (Å²) < 4.78 is 74.5. The first-order chi connectivity index (χ1) is 28.4. The van der Waals surface area contributed by atoms with Gasteiger partial charge in [0.2, 0.25) is 34.1 Å². The van der Waals surface area contributed by atoms with Crippen LogP contribution in [0.2, 0.25) is 0 Å². The molecule has 8 atom stereocenters. The Hall–Kier alpha value is -4.35. The molecule has 3 saturated carbocycles. The van der Waals surface area contributed by atoms with Gasteiger partial charge in [-0.3, -0.25) is 19.1 Å². The van der Waals surface area contributed by atoms with E-state index in [2.05, 4.69) is 10.6 Å². The van der Waals surface area contributed by atoms with Crippen LogP contribution in [0.4, 0.5) is 13.6 Å². The van der Waals surface area contributed by atoms with Crippen LogP contribution in [0, 0.1) is 23.2 Å². The van der Waals surface area contributed by atoms with Gasteiger partial charge in [-0.15, -0.1) is 0 Å². The normalized spacial score (nSPS) is 30.5. The number of rotatable bonds is 8. The molecule has 0 spiro atoms. The Morgan fingerprint density at radius 1 is 1.00 bits per heavy atom. The number of alkyl halides is 2. The molecule has 5 aliphatic rings. The molecule has 3 N–H and O–H groups in total. The molecule has 1 unspecified atom stereocenters. The summed E-state index contributed by atoms with van der Waals surface area (Å²) >= 11 is 0. The Kier molecular flexibility index (Phi) is 12.5. The fourth-order valence-corrected chi connectivity index (χ4v) is 10.7. The Balaban J connectivity index is 1.28. The average Bonchev–Trinajstić information content (AvgIpc) is 4.13. The molecule has 1 aromatic carbocycles. The molecular formula is C42H58F2N6O9S. The van der Waals surface area contributed by atoms with Crippen molar-refractivity contribution >= 4 is 44.9 Å². The molecule has 4 fully saturated rings. The molecule has 3 heterocycles. The summed E-state index contributed by atoms with van der Waals surface area (Å²) in [5, 5.41) is 4.52. The minimum Gasteiger partial charge on any atom is -0.497 e. The lowest BCUT2D eigenvalue weighted by atomic mass is 9.83. The highest BCUT2D eigenvalue weighted by molar-refractivity contribution is 7.91. The van der Waals surface area contributed by atoms with Crippen LogP contribution >= 0.6 is 0 Å². The Morgan fingerprint density at radius 2 is 1.72 bits per heavy atom. The van der Waals surface area contributed by atoms with Crippen molar-refractivity contribution in [2.75, 3.05) is 13.7 Å². The molecule has 330 valence electrons. The number of amides is 4. The van der Waals surface area contributed by atoms with Crippen LogP contribution in [0.15, 0.2) is 18.2 Å². The summed E-state index contributed by atoms with van der Waals surface area (Å²) in [5.41, 5.74) is -1.41. The quantitative estimate of drug-likeness (QED) is 0.316. The molecule has 3 aliphatic carbocycles. The number of aryl methyl sites for hydroxylation is 1. The number of nitrogens with zero attached hydrogens (tertiary/aromatic N) is 3. The van der Waals surface area contributed by atoms with Gasteiger partial charge in [-0.05, 0) is 87.7 Å². The molecule has 60 heavy (non-hydrogen) atoms. The lowest BCUT2D eigenvalue weighted by molar-refractivity contribution is -0.144. The highest BCUT2D eigenvalue weighted by Gasteiger charge is 2.67. The zero-order valence-electron chi connectivity index (χ0n) is 35.0. The molecule has 0 radical (unpaired) electrons. The maximum absolute atomic E-state index is 15.0. The molecule has 2 aromatic rings. The van der Waals surface area contributed by atoms with Gasteiger partial charge in [0, 0.05) is 12.0 Å². The summed E-state index contributed by atoms with van der Waals surface area (Å²) in [7, 11) is -2.61. The Morgan fingerprint density at radius 3 is 2.37 bits per heavy atom. The van der Waals surface area contributed by atoms with Crippen LogP contribution in [0.1, 0.15) is 110 Å². The van der Waals surface area contributed by atoms with Crippen molar-refractivity contribution in [2.45, 2.75) is 153 Å². The third-order valence-corrected chi connectivity index (χ3v) is 14.8. The molecule has 2 bridgehead atoms. The fraction of sp³-hybridized carbons (Fsp3) is 0.714. The van der Waals surface area contributed by atoms with Gasteiger partial charge in [-0.25, -0.2) is 32.0 Å². The van der Waals surface area contributed by atoms with Crippen LogP contribution < -0.4 is 24.8 Å². The van der Waals surface area contributed by atoms with E-state index in [0.717, 1.165) is 44.9 Å². The molecule has 1 aromatic heterocycles. The van der Waals surface area contributed by atoms with Gasteiger partial charge >= 0.3 is 6.09 Å². The second-order valence-electron chi connectivity index (χ2n) is 18.3. The van der Waals surface area contributed by atoms with Crippen LogP contribution in [-0.4, -0.2) is 102 Å². The van der Waals surface area contributed by atoms with E-state index in [1.54, 1.807) is 46.9 Å². The molecule has 15 nitrogen and oxygen atoms in total. The van der Waals surface area contributed by atoms with E-state index >= 15 is 0 Å². The van der Waals surface area contributed by atoms with Crippen LogP contribution in [0.3, 0.4) is 0 Å². The highest BCUT2D eigenvalue weighted by atomic mass is 32.2. The van der Waals surface area contributed by atoms with E-state index in [0.29, 0.717) is 48.2 Å². The van der Waals surface area contributed by atoms with Crippen molar-refractivity contribution in [3.63, 3.8) is 0 Å². The number of benzene rings is 1. The first kappa shape index (κ1) is 43.7. The molecule has 18 heteroatoms. The smallest absolute Gasteiger partial charge is 0.408 e. The molecular weight excluding hydrogens is 803 g/mol. The van der Waals surface area contributed by atoms with E-state index in [-0.39, 0.29) is 30.9 Å². The minimum absolute atomic E-state index is 0.155. The standard InChI is InChI=1S/C42H58F2N6O9S/c1-6-26-32-22-50(33(26)36(51)48-42(21-27(42)35(43)44)39(53)49-60(55,56)25-17-18-25)38(52)34(41(2,3)4)47-40(54)59-31-15-11-10-13-23(31)12-8-7-9-14-29-37(58-32)46-30-20-24(57-5)16-19-28(30)45-29/h16,19-20,23,25-27,31-35H,6-15,17-18,21-22H2,1-5H3,(H,47,54)(H,48,51)(H,49,53)/t23-,26-,27?,31-,32+,33+,34-,42-/m1/s1. The number of nitrogens with one attached hydrogen (secondary N) is 3. The number of hydrogen-bond donors (Lipinski definition) is 3. The second-order valence-corrected chi connectivity index (χ2v) is 20.3. The van der Waals surface area contributed by atoms with Gasteiger partial charge < -0.3 is 29.7 Å². The number of carbonyl (C=O) groups excluding carboxylic acids is 4. The topological polar surface area (TPSA) is 195 Å². The third kappa shape index (κ3) is 9.13. The summed E-state index contributed by atoms with van der Waals surface area (Å²) in [6.45, 7) is 6.93. The van der Waals surface area contributed by atoms with Crippen molar-refractivity contribution in [2.24, 2.45) is 23.2 Å². The van der Waals surface area contributed by atoms with Crippen LogP contribution in [0.5, 0.6) is 11.6 Å². The van der Waals surface area contributed by atoms with Gasteiger partial charge in [0.25, 0.3) is 5.91 Å². The van der Waals surface area contributed by atoms with Gasteiger partial charge in [-0.1, -0.05) is 47.0 Å². The van der Waals surface area contributed by atoms with Crippen molar-refractivity contribution < 1.29 is 50.6 Å². The first-order valence-electron chi connectivity index (χ1n) is 21.4. The largest absolute Gasteiger partial charge is 0.497 e. The average molecular weight is 861 g/mol. The van der Waals surface area contributed by atoms with E-state index in [1.807, 2.05) is 10.8 Å². The number of sulfonamides is 1. The SMILES string of the molecule is CC[C@@H]1[C@@H]2CN(C(=O)[C@H](C(C)(C)C)NC(=O)O[C@@H]3CCCC[C@H]3CCCCCc3nc4ccc(OC)cc4nc3O2)[C@@H]1C(=O)N[C@]1(C(=O)NS(=O)(=O)C2CC2)CC1C(F)F. The van der Waals surface area contributed by atoms with E-state index in [4.69, 9.17) is 24.2 Å². The maximum Gasteiger partial charge on any atom is 0.408 e. The highest BCUT2D eigenvalue weighted by Crippen LogP contribution is 2.49. The van der Waals surface area contributed by atoms with Gasteiger partial charge in [0.05, 0.1) is 35.9 Å². The van der Waals surface area contributed by atoms with E-state index in [9.17, 15) is 36.4 Å².